The SMILES string of the molecule is CC(NC(=O)c1ccccc1NC(=O)CC#N)c1ccccc1. The Morgan fingerprint density at radius 2 is 1.74 bits per heavy atom. The molecular weight excluding hydrogens is 290 g/mol. The topological polar surface area (TPSA) is 82.0 Å². The number of para-hydroxylation sites is 1. The lowest BCUT2D eigenvalue weighted by Crippen LogP contribution is -2.27. The number of carbonyl (C=O) groups excluding carboxylic acids is 2. The van der Waals surface area contributed by atoms with Gasteiger partial charge in [-0.1, -0.05) is 42.5 Å². The molecule has 23 heavy (non-hydrogen) atoms. The van der Waals surface area contributed by atoms with Crippen molar-refractivity contribution in [3.05, 3.63) is 65.7 Å². The molecule has 2 rings (SSSR count). The standard InChI is InChI=1S/C18H17N3O2/c1-13(14-7-3-2-4-8-14)20-18(23)15-9-5-6-10-16(15)21-17(22)11-12-19/h2-10,13H,11H2,1H3,(H,20,23)(H,21,22). The summed E-state index contributed by atoms with van der Waals surface area (Å²) in [6.45, 7) is 1.89. The Morgan fingerprint density at radius 1 is 1.09 bits per heavy atom. The largest absolute Gasteiger partial charge is 0.345 e. The Bertz CT molecular complexity index is 735. The van der Waals surface area contributed by atoms with E-state index in [2.05, 4.69) is 10.6 Å². The maximum atomic E-state index is 12.5. The van der Waals surface area contributed by atoms with Crippen molar-refractivity contribution in [1.82, 2.24) is 5.32 Å². The molecule has 116 valence electrons. The van der Waals surface area contributed by atoms with Crippen LogP contribution in [0.3, 0.4) is 0 Å². The van der Waals surface area contributed by atoms with E-state index in [0.29, 0.717) is 11.3 Å². The fraction of sp³-hybridized carbons (Fsp3) is 0.167. The van der Waals surface area contributed by atoms with Crippen LogP contribution >= 0.6 is 0 Å². The van der Waals surface area contributed by atoms with Gasteiger partial charge in [0.25, 0.3) is 5.91 Å². The number of nitriles is 1. The number of hydrogen-bond acceptors (Lipinski definition) is 3. The Labute approximate surface area is 134 Å². The van der Waals surface area contributed by atoms with Gasteiger partial charge in [-0.25, -0.2) is 0 Å². The zero-order valence-corrected chi connectivity index (χ0v) is 12.7. The molecule has 0 aliphatic heterocycles. The molecule has 5 nitrogen and oxygen atoms in total. The van der Waals surface area contributed by atoms with Crippen LogP contribution < -0.4 is 10.6 Å². The Balaban J connectivity index is 2.13. The highest BCUT2D eigenvalue weighted by atomic mass is 16.2. The smallest absolute Gasteiger partial charge is 0.253 e. The number of amides is 2. The molecular formula is C18H17N3O2. The fourth-order valence-corrected chi connectivity index (χ4v) is 2.16. The van der Waals surface area contributed by atoms with Gasteiger partial charge in [-0.3, -0.25) is 9.59 Å². The summed E-state index contributed by atoms with van der Waals surface area (Å²) in [6.07, 6.45) is -0.254. The fourth-order valence-electron chi connectivity index (χ4n) is 2.16. The number of carbonyl (C=O) groups is 2. The van der Waals surface area contributed by atoms with E-state index >= 15 is 0 Å². The Kier molecular flexibility index (Phi) is 5.48. The third kappa shape index (κ3) is 4.42. The first-order valence-corrected chi connectivity index (χ1v) is 7.23. The van der Waals surface area contributed by atoms with E-state index in [-0.39, 0.29) is 18.4 Å². The van der Waals surface area contributed by atoms with Gasteiger partial charge in [-0.05, 0) is 24.6 Å². The number of hydrogen-bond donors (Lipinski definition) is 2. The Hall–Kier alpha value is -3.13. The zero-order valence-electron chi connectivity index (χ0n) is 12.7. The van der Waals surface area contributed by atoms with Crippen molar-refractivity contribution in [3.8, 4) is 6.07 Å². The van der Waals surface area contributed by atoms with Gasteiger partial charge in [0.2, 0.25) is 5.91 Å². The van der Waals surface area contributed by atoms with Gasteiger partial charge in [-0.2, -0.15) is 5.26 Å². The van der Waals surface area contributed by atoms with Gasteiger partial charge in [0.15, 0.2) is 0 Å². The molecule has 2 amide bonds. The van der Waals surface area contributed by atoms with Crippen molar-refractivity contribution < 1.29 is 9.59 Å². The van der Waals surface area contributed by atoms with Gasteiger partial charge >= 0.3 is 0 Å². The van der Waals surface area contributed by atoms with Crippen molar-refractivity contribution >= 4 is 17.5 Å². The summed E-state index contributed by atoms with van der Waals surface area (Å²) >= 11 is 0. The van der Waals surface area contributed by atoms with Crippen molar-refractivity contribution in [2.24, 2.45) is 0 Å². The van der Waals surface area contributed by atoms with E-state index in [0.717, 1.165) is 5.56 Å². The first kappa shape index (κ1) is 16.2. The van der Waals surface area contributed by atoms with Crippen LogP contribution in [0.5, 0.6) is 0 Å². The lowest BCUT2D eigenvalue weighted by atomic mass is 10.1. The molecule has 0 saturated heterocycles. The van der Waals surface area contributed by atoms with E-state index in [1.54, 1.807) is 30.3 Å². The van der Waals surface area contributed by atoms with Gasteiger partial charge in [0, 0.05) is 0 Å². The molecule has 5 heteroatoms. The van der Waals surface area contributed by atoms with Gasteiger partial charge in [0.1, 0.15) is 6.42 Å². The number of nitrogens with zero attached hydrogens (tertiary/aromatic N) is 1. The van der Waals surface area contributed by atoms with Gasteiger partial charge in [0.05, 0.1) is 23.4 Å². The third-order valence-corrected chi connectivity index (χ3v) is 3.33. The summed E-state index contributed by atoms with van der Waals surface area (Å²) in [5, 5.41) is 14.0. The summed E-state index contributed by atoms with van der Waals surface area (Å²) in [5.41, 5.74) is 1.75. The monoisotopic (exact) mass is 307 g/mol. The molecule has 0 fully saturated rings. The van der Waals surface area contributed by atoms with Crippen LogP contribution in [0.1, 0.15) is 35.3 Å². The van der Waals surface area contributed by atoms with Crippen molar-refractivity contribution in [3.63, 3.8) is 0 Å². The highest BCUT2D eigenvalue weighted by molar-refractivity contribution is 6.04. The average molecular weight is 307 g/mol. The molecule has 0 aliphatic carbocycles. The second kappa shape index (κ2) is 7.76. The van der Waals surface area contributed by atoms with E-state index in [1.807, 2.05) is 37.3 Å². The lowest BCUT2D eigenvalue weighted by molar-refractivity contribution is -0.115. The van der Waals surface area contributed by atoms with Gasteiger partial charge in [-0.15, -0.1) is 0 Å². The summed E-state index contributed by atoms with van der Waals surface area (Å²) in [5.74, 6) is -0.724. The highest BCUT2D eigenvalue weighted by Crippen LogP contribution is 2.18. The maximum absolute atomic E-state index is 12.5. The Morgan fingerprint density at radius 3 is 2.43 bits per heavy atom. The number of benzene rings is 2. The first-order chi connectivity index (χ1) is 11.1. The second-order valence-electron chi connectivity index (χ2n) is 5.03. The van der Waals surface area contributed by atoms with Crippen LogP contribution in [-0.4, -0.2) is 11.8 Å². The van der Waals surface area contributed by atoms with Crippen molar-refractivity contribution in [2.45, 2.75) is 19.4 Å². The van der Waals surface area contributed by atoms with Gasteiger partial charge < -0.3 is 10.6 Å². The van der Waals surface area contributed by atoms with E-state index in [9.17, 15) is 9.59 Å². The summed E-state index contributed by atoms with van der Waals surface area (Å²) in [4.78, 5) is 24.0. The maximum Gasteiger partial charge on any atom is 0.253 e. The van der Waals surface area contributed by atoms with Crippen molar-refractivity contribution in [1.29, 1.82) is 5.26 Å². The average Bonchev–Trinajstić information content (AvgIpc) is 2.56. The molecule has 1 atom stereocenters. The van der Waals surface area contributed by atoms with Crippen LogP contribution in [0.25, 0.3) is 0 Å². The minimum atomic E-state index is -0.441. The molecule has 0 bridgehead atoms. The molecule has 0 aromatic heterocycles. The predicted molar refractivity (Wildman–Crippen MR) is 87.6 cm³/mol. The van der Waals surface area contributed by atoms with Crippen LogP contribution in [-0.2, 0) is 4.79 Å². The molecule has 0 spiro atoms. The number of nitrogens with one attached hydrogen (secondary N) is 2. The molecule has 0 saturated carbocycles. The van der Waals surface area contributed by atoms with E-state index in [4.69, 9.17) is 5.26 Å². The van der Waals surface area contributed by atoms with Crippen LogP contribution in [0.2, 0.25) is 0 Å². The second-order valence-corrected chi connectivity index (χ2v) is 5.03. The normalized spacial score (nSPS) is 11.1. The third-order valence-electron chi connectivity index (χ3n) is 3.33. The van der Waals surface area contributed by atoms with Crippen LogP contribution in [0.15, 0.2) is 54.6 Å². The molecule has 2 aromatic carbocycles. The van der Waals surface area contributed by atoms with Crippen LogP contribution in [0.4, 0.5) is 5.69 Å². The molecule has 1 unspecified atom stereocenters. The van der Waals surface area contributed by atoms with Crippen LogP contribution in [0, 0.1) is 11.3 Å². The minimum absolute atomic E-state index is 0.161. The molecule has 0 aliphatic rings. The number of rotatable bonds is 5. The molecule has 0 heterocycles. The predicted octanol–water partition coefficient (Wildman–Crippen LogP) is 3.03. The number of anilines is 1. The lowest BCUT2D eigenvalue weighted by Gasteiger charge is -2.16. The first-order valence-electron chi connectivity index (χ1n) is 7.23. The molecule has 0 radical (unpaired) electrons. The van der Waals surface area contributed by atoms with E-state index < -0.39 is 5.91 Å². The molecule has 2 aromatic rings. The minimum Gasteiger partial charge on any atom is -0.345 e. The highest BCUT2D eigenvalue weighted by Gasteiger charge is 2.15. The summed E-state index contributed by atoms with van der Waals surface area (Å²) in [7, 11) is 0. The zero-order chi connectivity index (χ0) is 16.7. The van der Waals surface area contributed by atoms with E-state index in [1.165, 1.54) is 0 Å². The summed E-state index contributed by atoms with van der Waals surface area (Å²) < 4.78 is 0. The quantitative estimate of drug-likeness (QED) is 0.890. The molecule has 2 N–H and O–H groups in total. The summed E-state index contributed by atoms with van der Waals surface area (Å²) in [6, 6.07) is 17.9. The van der Waals surface area contributed by atoms with Crippen molar-refractivity contribution in [2.75, 3.05) is 5.32 Å².